The van der Waals surface area contributed by atoms with E-state index >= 15 is 0 Å². The number of nitrogens with zero attached hydrogens (tertiary/aromatic N) is 1. The second-order valence-corrected chi connectivity index (χ2v) is 6.29. The van der Waals surface area contributed by atoms with Gasteiger partial charge >= 0.3 is 0 Å². The number of carbonyl (C=O) groups is 1. The molecular formula is C16H17NO4. The number of carbonyl (C=O) groups excluding carboxylic acids is 1. The van der Waals surface area contributed by atoms with E-state index in [9.17, 15) is 14.8 Å². The van der Waals surface area contributed by atoms with Crippen molar-refractivity contribution in [3.05, 3.63) is 39.7 Å². The van der Waals surface area contributed by atoms with Gasteiger partial charge in [0.15, 0.2) is 5.78 Å². The molecule has 1 aliphatic rings. The van der Waals surface area contributed by atoms with Crippen molar-refractivity contribution in [3.63, 3.8) is 0 Å². The number of pyridine rings is 1. The number of fused-ring (bicyclic) bond motifs is 2. The third-order valence-corrected chi connectivity index (χ3v) is 4.01. The fourth-order valence-electron chi connectivity index (χ4n) is 3.01. The molecule has 1 N–H and O–H groups in total. The number of hydrogen-bond acceptors (Lipinski definition) is 4. The molecule has 5 nitrogen and oxygen atoms in total. The van der Waals surface area contributed by atoms with Crippen LogP contribution in [-0.2, 0) is 6.42 Å². The van der Waals surface area contributed by atoms with Crippen LogP contribution in [-0.4, -0.2) is 22.8 Å². The molecule has 5 heteroatoms. The number of hydrogen-bond donors (Lipinski definition) is 1. The summed E-state index contributed by atoms with van der Waals surface area (Å²) in [5.41, 5.74) is 0.293. The van der Waals surface area contributed by atoms with Gasteiger partial charge in [0, 0.05) is 12.5 Å². The largest absolute Gasteiger partial charge is 0.497 e. The highest BCUT2D eigenvalue weighted by molar-refractivity contribution is 6.01. The molecule has 1 heterocycles. The third-order valence-electron chi connectivity index (χ3n) is 4.01. The first-order valence-electron chi connectivity index (χ1n) is 6.82. The first-order valence-corrected chi connectivity index (χ1v) is 6.82. The first kappa shape index (κ1) is 13.7. The molecule has 0 unspecified atom stereocenters. The lowest BCUT2D eigenvalue weighted by atomic mass is 9.75. The highest BCUT2D eigenvalue weighted by Gasteiger charge is 2.35. The van der Waals surface area contributed by atoms with Gasteiger partial charge in [-0.1, -0.05) is 13.8 Å². The molecular weight excluding hydrogens is 270 g/mol. The Hall–Kier alpha value is -2.30. The van der Waals surface area contributed by atoms with Gasteiger partial charge in [0.05, 0.1) is 29.3 Å². The van der Waals surface area contributed by atoms with E-state index in [1.165, 1.54) is 7.11 Å². The Morgan fingerprint density at radius 3 is 2.62 bits per heavy atom. The summed E-state index contributed by atoms with van der Waals surface area (Å²) in [5.74, 6) is 0.345. The molecule has 0 atom stereocenters. The van der Waals surface area contributed by atoms with Gasteiger partial charge in [-0.15, -0.1) is 0 Å². The van der Waals surface area contributed by atoms with Gasteiger partial charge in [-0.2, -0.15) is 4.73 Å². The van der Waals surface area contributed by atoms with Crippen LogP contribution in [0.4, 0.5) is 0 Å². The fraction of sp³-hybridized carbons (Fsp3) is 0.375. The van der Waals surface area contributed by atoms with Crippen molar-refractivity contribution in [2.75, 3.05) is 7.11 Å². The van der Waals surface area contributed by atoms with Gasteiger partial charge in [-0.3, -0.25) is 9.59 Å². The number of ether oxygens (including phenoxy) is 1. The van der Waals surface area contributed by atoms with Crippen LogP contribution in [0.25, 0.3) is 10.9 Å². The monoisotopic (exact) mass is 287 g/mol. The van der Waals surface area contributed by atoms with Crippen LogP contribution in [0.2, 0.25) is 0 Å². The molecule has 110 valence electrons. The Morgan fingerprint density at radius 2 is 1.95 bits per heavy atom. The number of ketones is 1. The summed E-state index contributed by atoms with van der Waals surface area (Å²) in [7, 11) is 1.52. The van der Waals surface area contributed by atoms with Crippen molar-refractivity contribution in [2.45, 2.75) is 26.7 Å². The van der Waals surface area contributed by atoms with Gasteiger partial charge in [-0.25, -0.2) is 0 Å². The molecule has 21 heavy (non-hydrogen) atoms. The van der Waals surface area contributed by atoms with Gasteiger partial charge in [0.2, 0.25) is 5.43 Å². The predicted octanol–water partition coefficient (Wildman–Crippen LogP) is 2.40. The lowest BCUT2D eigenvalue weighted by molar-refractivity contribution is 0.0885. The number of aromatic nitrogens is 1. The molecule has 0 fully saturated rings. The average Bonchev–Trinajstić information content (AvgIpc) is 2.42. The molecule has 1 aliphatic carbocycles. The SMILES string of the molecule is COc1ccc2c(=O)c3c(n(O)c2c1)CC(C)(C)CC3=O. The second-order valence-electron chi connectivity index (χ2n) is 6.29. The number of benzene rings is 1. The van der Waals surface area contributed by atoms with E-state index in [0.29, 0.717) is 35.2 Å². The Labute approximate surface area is 121 Å². The minimum Gasteiger partial charge on any atom is -0.497 e. The minimum atomic E-state index is -0.312. The summed E-state index contributed by atoms with van der Waals surface area (Å²) < 4.78 is 6.10. The average molecular weight is 287 g/mol. The van der Waals surface area contributed by atoms with E-state index < -0.39 is 0 Å². The Bertz CT molecular complexity index is 817. The smallest absolute Gasteiger partial charge is 0.200 e. The van der Waals surface area contributed by atoms with E-state index in [1.54, 1.807) is 18.2 Å². The molecule has 1 aromatic heterocycles. The molecule has 0 aliphatic heterocycles. The fourth-order valence-corrected chi connectivity index (χ4v) is 3.01. The summed E-state index contributed by atoms with van der Waals surface area (Å²) in [6.45, 7) is 3.90. The maximum atomic E-state index is 12.6. The molecule has 0 saturated carbocycles. The lowest BCUT2D eigenvalue weighted by Gasteiger charge is -2.30. The first-order chi connectivity index (χ1) is 9.84. The van der Waals surface area contributed by atoms with Crippen molar-refractivity contribution >= 4 is 16.7 Å². The summed E-state index contributed by atoms with van der Waals surface area (Å²) in [5, 5.41) is 10.8. The van der Waals surface area contributed by atoms with Gasteiger partial charge < -0.3 is 9.94 Å². The highest BCUT2D eigenvalue weighted by Crippen LogP contribution is 2.34. The van der Waals surface area contributed by atoms with E-state index in [0.717, 1.165) is 4.73 Å². The third kappa shape index (κ3) is 2.00. The number of rotatable bonds is 1. The maximum Gasteiger partial charge on any atom is 0.200 e. The zero-order valence-corrected chi connectivity index (χ0v) is 12.3. The van der Waals surface area contributed by atoms with Crippen LogP contribution in [0, 0.1) is 5.41 Å². The zero-order chi connectivity index (χ0) is 15.4. The molecule has 0 saturated heterocycles. The minimum absolute atomic E-state index is 0.120. The van der Waals surface area contributed by atoms with Crippen molar-refractivity contribution < 1.29 is 14.7 Å². The van der Waals surface area contributed by atoms with Crippen LogP contribution in [0.15, 0.2) is 23.0 Å². The number of methoxy groups -OCH3 is 1. The molecule has 0 radical (unpaired) electrons. The standard InChI is InChI=1S/C16H17NO4/c1-16(2)7-12-14(13(18)8-16)15(19)10-5-4-9(21-3)6-11(10)17(12)20/h4-6,20H,7-8H2,1-3H3. The number of Topliss-reactive ketones (excluding diaryl/α,β-unsaturated/α-hetero) is 1. The maximum absolute atomic E-state index is 12.6. The van der Waals surface area contributed by atoms with Crippen molar-refractivity contribution in [1.82, 2.24) is 4.73 Å². The Morgan fingerprint density at radius 1 is 1.24 bits per heavy atom. The van der Waals surface area contributed by atoms with E-state index in [1.807, 2.05) is 13.8 Å². The van der Waals surface area contributed by atoms with Crippen molar-refractivity contribution in [1.29, 1.82) is 0 Å². The summed E-state index contributed by atoms with van der Waals surface area (Å²) in [6.07, 6.45) is 0.796. The van der Waals surface area contributed by atoms with Crippen LogP contribution in [0.5, 0.6) is 5.75 Å². The molecule has 0 spiro atoms. The van der Waals surface area contributed by atoms with E-state index in [-0.39, 0.29) is 22.2 Å². The van der Waals surface area contributed by atoms with Crippen LogP contribution in [0.1, 0.15) is 36.3 Å². The summed E-state index contributed by atoms with van der Waals surface area (Å²) in [4.78, 5) is 24.9. The van der Waals surface area contributed by atoms with Crippen molar-refractivity contribution in [2.24, 2.45) is 5.41 Å². The van der Waals surface area contributed by atoms with E-state index in [4.69, 9.17) is 4.74 Å². The Balaban J connectivity index is 2.41. The molecule has 0 amide bonds. The zero-order valence-electron chi connectivity index (χ0n) is 12.3. The quantitative estimate of drug-likeness (QED) is 0.818. The Kier molecular flexibility index (Phi) is 2.83. The molecule has 3 rings (SSSR count). The second kappa shape index (κ2) is 4.35. The summed E-state index contributed by atoms with van der Waals surface area (Å²) >= 11 is 0. The molecule has 2 aromatic rings. The van der Waals surface area contributed by atoms with Gasteiger partial charge in [0.1, 0.15) is 5.75 Å². The van der Waals surface area contributed by atoms with Crippen molar-refractivity contribution in [3.8, 4) is 5.75 Å². The van der Waals surface area contributed by atoms with Gasteiger partial charge in [-0.05, 0) is 24.0 Å². The normalized spacial score (nSPS) is 16.8. The predicted molar refractivity (Wildman–Crippen MR) is 78.4 cm³/mol. The molecule has 1 aromatic carbocycles. The lowest BCUT2D eigenvalue weighted by Crippen LogP contribution is -2.34. The van der Waals surface area contributed by atoms with Crippen LogP contribution >= 0.6 is 0 Å². The molecule has 0 bridgehead atoms. The summed E-state index contributed by atoms with van der Waals surface area (Å²) in [6, 6.07) is 4.83. The topological polar surface area (TPSA) is 68.5 Å². The van der Waals surface area contributed by atoms with Crippen LogP contribution in [0.3, 0.4) is 0 Å². The van der Waals surface area contributed by atoms with Crippen LogP contribution < -0.4 is 10.2 Å². The highest BCUT2D eigenvalue weighted by atomic mass is 16.5. The van der Waals surface area contributed by atoms with Gasteiger partial charge in [0.25, 0.3) is 0 Å². The van der Waals surface area contributed by atoms with E-state index in [2.05, 4.69) is 0 Å².